The van der Waals surface area contributed by atoms with Gasteiger partial charge in [-0.05, 0) is 55.5 Å². The minimum Gasteiger partial charge on any atom is -0.327 e. The molecule has 32 heavy (non-hydrogen) atoms. The Hall–Kier alpha value is -2.77. The van der Waals surface area contributed by atoms with Gasteiger partial charge in [0.2, 0.25) is 11.0 Å². The zero-order chi connectivity index (χ0) is 22.5. The van der Waals surface area contributed by atoms with Crippen LogP contribution in [0.2, 0.25) is 5.02 Å². The molecular formula is C24H25ClN4O2S. The average Bonchev–Trinajstić information content (AvgIpc) is 3.48. The third kappa shape index (κ3) is 5.16. The van der Waals surface area contributed by atoms with E-state index in [4.69, 9.17) is 11.6 Å². The van der Waals surface area contributed by atoms with Gasteiger partial charge in [-0.1, -0.05) is 60.5 Å². The Labute approximate surface area is 196 Å². The number of aromatic nitrogens is 2. The number of benzene rings is 2. The van der Waals surface area contributed by atoms with E-state index in [0.717, 1.165) is 31.2 Å². The Morgan fingerprint density at radius 1 is 1.12 bits per heavy atom. The van der Waals surface area contributed by atoms with Crippen molar-refractivity contribution in [2.24, 2.45) is 0 Å². The van der Waals surface area contributed by atoms with E-state index in [0.29, 0.717) is 33.7 Å². The van der Waals surface area contributed by atoms with Gasteiger partial charge in [-0.15, -0.1) is 10.2 Å². The second kappa shape index (κ2) is 10.2. The number of unbranched alkanes of at least 4 members (excludes halogenated alkanes) is 1. The number of amides is 2. The molecule has 1 aliphatic heterocycles. The minimum absolute atomic E-state index is 0.108. The molecule has 2 aromatic carbocycles. The lowest BCUT2D eigenvalue weighted by atomic mass is 10.1. The minimum atomic E-state index is -0.509. The summed E-state index contributed by atoms with van der Waals surface area (Å²) < 4.78 is 0. The van der Waals surface area contributed by atoms with Gasteiger partial charge in [-0.2, -0.15) is 0 Å². The van der Waals surface area contributed by atoms with Gasteiger partial charge in [0.05, 0.1) is 0 Å². The molecule has 1 fully saturated rings. The normalized spacial score (nSPS) is 15.7. The SMILES string of the molecule is CCCCc1ccc(C(=O)N2CCCC2C(=O)Nc2nnc(-c3ccc(Cl)cc3)s2)cc1. The summed E-state index contributed by atoms with van der Waals surface area (Å²) in [6.07, 6.45) is 4.72. The number of aryl methyl sites for hydroxylation is 1. The van der Waals surface area contributed by atoms with E-state index in [2.05, 4.69) is 22.4 Å². The molecule has 4 rings (SSSR count). The van der Waals surface area contributed by atoms with Gasteiger partial charge < -0.3 is 4.90 Å². The summed E-state index contributed by atoms with van der Waals surface area (Å²) >= 11 is 7.23. The fourth-order valence-electron chi connectivity index (χ4n) is 3.81. The van der Waals surface area contributed by atoms with Crippen LogP contribution in [0, 0.1) is 0 Å². The first-order chi connectivity index (χ1) is 15.5. The number of likely N-dealkylation sites (tertiary alicyclic amines) is 1. The van der Waals surface area contributed by atoms with Crippen LogP contribution in [0.15, 0.2) is 48.5 Å². The third-order valence-corrected chi connectivity index (χ3v) is 6.72. The molecule has 2 amide bonds. The fourth-order valence-corrected chi connectivity index (χ4v) is 4.69. The maximum absolute atomic E-state index is 13.1. The Morgan fingerprint density at radius 2 is 1.88 bits per heavy atom. The van der Waals surface area contributed by atoms with Crippen LogP contribution in [0.3, 0.4) is 0 Å². The predicted octanol–water partition coefficient (Wildman–Crippen LogP) is 5.44. The quantitative estimate of drug-likeness (QED) is 0.500. The average molecular weight is 469 g/mol. The highest BCUT2D eigenvalue weighted by molar-refractivity contribution is 7.18. The van der Waals surface area contributed by atoms with Crippen molar-refractivity contribution in [2.45, 2.75) is 45.1 Å². The first-order valence-electron chi connectivity index (χ1n) is 10.9. The van der Waals surface area contributed by atoms with Crippen LogP contribution >= 0.6 is 22.9 Å². The van der Waals surface area contributed by atoms with Gasteiger partial charge in [0.15, 0.2) is 0 Å². The molecule has 0 aliphatic carbocycles. The van der Waals surface area contributed by atoms with Crippen molar-refractivity contribution in [3.8, 4) is 10.6 Å². The lowest BCUT2D eigenvalue weighted by molar-refractivity contribution is -0.119. The van der Waals surface area contributed by atoms with Crippen LogP contribution in [0.1, 0.15) is 48.5 Å². The molecule has 0 radical (unpaired) electrons. The molecule has 0 saturated carbocycles. The van der Waals surface area contributed by atoms with Crippen LogP contribution in [0.25, 0.3) is 10.6 Å². The second-order valence-electron chi connectivity index (χ2n) is 7.87. The Bertz CT molecular complexity index is 1080. The van der Waals surface area contributed by atoms with Gasteiger partial charge in [0, 0.05) is 22.7 Å². The number of nitrogens with zero attached hydrogens (tertiary/aromatic N) is 3. The highest BCUT2D eigenvalue weighted by Gasteiger charge is 2.35. The third-order valence-electron chi connectivity index (χ3n) is 5.58. The molecule has 166 valence electrons. The number of hydrogen-bond acceptors (Lipinski definition) is 5. The Balaban J connectivity index is 1.41. The maximum Gasteiger partial charge on any atom is 0.254 e. The summed E-state index contributed by atoms with van der Waals surface area (Å²) in [4.78, 5) is 27.7. The Morgan fingerprint density at radius 3 is 2.59 bits per heavy atom. The first-order valence-corrected chi connectivity index (χ1v) is 12.0. The van der Waals surface area contributed by atoms with Crippen molar-refractivity contribution >= 4 is 39.9 Å². The number of hydrogen-bond donors (Lipinski definition) is 1. The summed E-state index contributed by atoms with van der Waals surface area (Å²) in [5.74, 6) is -0.335. The summed E-state index contributed by atoms with van der Waals surface area (Å²) in [5.41, 5.74) is 2.73. The van der Waals surface area contributed by atoms with Crippen molar-refractivity contribution in [1.82, 2.24) is 15.1 Å². The molecule has 1 saturated heterocycles. The topological polar surface area (TPSA) is 75.2 Å². The van der Waals surface area contributed by atoms with Crippen molar-refractivity contribution in [3.05, 3.63) is 64.7 Å². The molecule has 2 heterocycles. The molecule has 1 aromatic heterocycles. The van der Waals surface area contributed by atoms with Crippen LogP contribution < -0.4 is 5.32 Å². The second-order valence-corrected chi connectivity index (χ2v) is 9.28. The summed E-state index contributed by atoms with van der Waals surface area (Å²) in [7, 11) is 0. The molecule has 8 heteroatoms. The first kappa shape index (κ1) is 22.4. The highest BCUT2D eigenvalue weighted by atomic mass is 35.5. The molecule has 0 spiro atoms. The van der Waals surface area contributed by atoms with Crippen molar-refractivity contribution < 1.29 is 9.59 Å². The summed E-state index contributed by atoms with van der Waals surface area (Å²) in [5, 5.41) is 12.8. The van der Waals surface area contributed by atoms with Crippen LogP contribution in [0.4, 0.5) is 5.13 Å². The molecule has 1 N–H and O–H groups in total. The van der Waals surface area contributed by atoms with Gasteiger partial charge in [-0.3, -0.25) is 14.9 Å². The molecule has 6 nitrogen and oxygen atoms in total. The maximum atomic E-state index is 13.1. The number of nitrogens with one attached hydrogen (secondary N) is 1. The fraction of sp³-hybridized carbons (Fsp3) is 0.333. The zero-order valence-electron chi connectivity index (χ0n) is 17.9. The van der Waals surface area contributed by atoms with E-state index in [9.17, 15) is 9.59 Å². The summed E-state index contributed by atoms with van der Waals surface area (Å²) in [6.45, 7) is 2.73. The zero-order valence-corrected chi connectivity index (χ0v) is 19.5. The van der Waals surface area contributed by atoms with E-state index < -0.39 is 6.04 Å². The van der Waals surface area contributed by atoms with E-state index >= 15 is 0 Å². The van der Waals surface area contributed by atoms with Crippen LogP contribution in [0.5, 0.6) is 0 Å². The van der Waals surface area contributed by atoms with Gasteiger partial charge >= 0.3 is 0 Å². The van der Waals surface area contributed by atoms with E-state index in [1.165, 1.54) is 16.9 Å². The molecule has 1 aliphatic rings. The Kier molecular flexibility index (Phi) is 7.17. The van der Waals surface area contributed by atoms with Crippen molar-refractivity contribution in [3.63, 3.8) is 0 Å². The molecule has 1 unspecified atom stereocenters. The number of halogens is 1. The molecule has 0 bridgehead atoms. The van der Waals surface area contributed by atoms with E-state index in [1.807, 2.05) is 36.4 Å². The largest absolute Gasteiger partial charge is 0.327 e. The highest BCUT2D eigenvalue weighted by Crippen LogP contribution is 2.28. The lowest BCUT2D eigenvalue weighted by Crippen LogP contribution is -2.43. The van der Waals surface area contributed by atoms with Gasteiger partial charge in [0.1, 0.15) is 11.0 Å². The summed E-state index contributed by atoms with van der Waals surface area (Å²) in [6, 6.07) is 14.5. The number of rotatable bonds is 7. The molecular weight excluding hydrogens is 444 g/mol. The van der Waals surface area contributed by atoms with Gasteiger partial charge in [-0.25, -0.2) is 0 Å². The van der Waals surface area contributed by atoms with Crippen LogP contribution in [-0.2, 0) is 11.2 Å². The van der Waals surface area contributed by atoms with Crippen molar-refractivity contribution in [2.75, 3.05) is 11.9 Å². The molecule has 1 atom stereocenters. The molecule has 3 aromatic rings. The number of carbonyl (C=O) groups excluding carboxylic acids is 2. The predicted molar refractivity (Wildman–Crippen MR) is 128 cm³/mol. The number of anilines is 1. The van der Waals surface area contributed by atoms with Crippen molar-refractivity contribution in [1.29, 1.82) is 0 Å². The standard InChI is InChI=1S/C24H25ClN4O2S/c1-2-3-5-16-7-9-18(10-8-16)23(31)29-15-4-6-20(29)21(30)26-24-28-27-22(32-24)17-11-13-19(25)14-12-17/h7-14,20H,2-6,15H2,1H3,(H,26,28,30). The van der Waals surface area contributed by atoms with Gasteiger partial charge in [0.25, 0.3) is 5.91 Å². The smallest absolute Gasteiger partial charge is 0.254 e. The van der Waals surface area contributed by atoms with Crippen LogP contribution in [-0.4, -0.2) is 39.5 Å². The van der Waals surface area contributed by atoms with E-state index in [1.54, 1.807) is 17.0 Å². The lowest BCUT2D eigenvalue weighted by Gasteiger charge is -2.23. The van der Waals surface area contributed by atoms with E-state index in [-0.39, 0.29) is 11.8 Å². The number of carbonyl (C=O) groups is 2. The monoisotopic (exact) mass is 468 g/mol.